The van der Waals surface area contributed by atoms with Crippen molar-refractivity contribution in [2.24, 2.45) is 4.99 Å². The van der Waals surface area contributed by atoms with Crippen LogP contribution in [0.3, 0.4) is 0 Å². The number of nitrogens with zero attached hydrogens (tertiary/aromatic N) is 3. The summed E-state index contributed by atoms with van der Waals surface area (Å²) in [7, 11) is -4.00. The van der Waals surface area contributed by atoms with E-state index in [9.17, 15) is 13.2 Å². The largest absolute Gasteiger partial charge is 0.378 e. The topological polar surface area (TPSA) is 79.3 Å². The number of hydrogen-bond acceptors (Lipinski definition) is 7. The van der Waals surface area contributed by atoms with E-state index in [0.717, 1.165) is 26.2 Å². The molecule has 0 radical (unpaired) electrons. The van der Waals surface area contributed by atoms with Crippen molar-refractivity contribution in [2.45, 2.75) is 11.8 Å². The zero-order chi connectivity index (χ0) is 25.1. The predicted octanol–water partition coefficient (Wildman–Crippen LogP) is 4.56. The molecular formula is C27H25N3O4S2. The molecule has 0 unspecified atom stereocenters. The summed E-state index contributed by atoms with van der Waals surface area (Å²) in [6, 6.07) is 23.2. The summed E-state index contributed by atoms with van der Waals surface area (Å²) in [6.45, 7) is 5.27. The predicted molar refractivity (Wildman–Crippen MR) is 144 cm³/mol. The Morgan fingerprint density at radius 1 is 0.861 bits per heavy atom. The van der Waals surface area contributed by atoms with Crippen molar-refractivity contribution in [1.29, 1.82) is 0 Å². The molecule has 2 heterocycles. The zero-order valence-corrected chi connectivity index (χ0v) is 21.3. The number of thioether (sulfide) groups is 1. The van der Waals surface area contributed by atoms with Crippen molar-refractivity contribution in [1.82, 2.24) is 4.90 Å². The van der Waals surface area contributed by atoms with Gasteiger partial charge in [-0.15, -0.1) is 0 Å². The lowest BCUT2D eigenvalue weighted by molar-refractivity contribution is -0.113. The van der Waals surface area contributed by atoms with Crippen molar-refractivity contribution < 1.29 is 17.4 Å². The van der Waals surface area contributed by atoms with Gasteiger partial charge in [0.15, 0.2) is 5.17 Å². The molecule has 0 spiro atoms. The van der Waals surface area contributed by atoms with Crippen molar-refractivity contribution in [2.75, 3.05) is 31.1 Å². The van der Waals surface area contributed by atoms with Gasteiger partial charge in [-0.2, -0.15) is 13.4 Å². The smallest absolute Gasteiger partial charge is 0.339 e. The van der Waals surface area contributed by atoms with Crippen LogP contribution in [-0.4, -0.2) is 50.6 Å². The minimum atomic E-state index is -4.00. The fraction of sp³-hybridized carbons (Fsp3) is 0.185. The van der Waals surface area contributed by atoms with Crippen LogP contribution >= 0.6 is 11.8 Å². The van der Waals surface area contributed by atoms with Gasteiger partial charge < -0.3 is 14.0 Å². The van der Waals surface area contributed by atoms with E-state index in [-0.39, 0.29) is 16.6 Å². The fourth-order valence-electron chi connectivity index (χ4n) is 4.02. The van der Waals surface area contributed by atoms with Gasteiger partial charge in [0, 0.05) is 37.4 Å². The van der Waals surface area contributed by atoms with Gasteiger partial charge in [-0.3, -0.25) is 4.79 Å². The fourth-order valence-corrected chi connectivity index (χ4v) is 5.95. The highest BCUT2D eigenvalue weighted by Crippen LogP contribution is 2.33. The third-order valence-corrected chi connectivity index (χ3v) is 8.29. The number of hydrogen-bond donors (Lipinski definition) is 0. The number of amidine groups is 1. The molecular weight excluding hydrogens is 494 g/mol. The highest BCUT2D eigenvalue weighted by Gasteiger charge is 2.29. The molecule has 9 heteroatoms. The highest BCUT2D eigenvalue weighted by molar-refractivity contribution is 8.18. The monoisotopic (exact) mass is 519 g/mol. The Morgan fingerprint density at radius 2 is 1.50 bits per heavy atom. The number of aryl methyl sites for hydroxylation is 1. The van der Waals surface area contributed by atoms with Gasteiger partial charge in [-0.05, 0) is 55.1 Å². The lowest BCUT2D eigenvalue weighted by Gasteiger charge is -2.36. The molecule has 36 heavy (non-hydrogen) atoms. The second-order valence-corrected chi connectivity index (χ2v) is 11.1. The first-order valence-electron chi connectivity index (χ1n) is 11.6. The van der Waals surface area contributed by atoms with Gasteiger partial charge in [-0.1, -0.05) is 54.1 Å². The number of amides is 1. The summed E-state index contributed by atoms with van der Waals surface area (Å²) in [5.41, 5.74) is 2.92. The summed E-state index contributed by atoms with van der Waals surface area (Å²) in [5, 5.41) is 0.671. The van der Waals surface area contributed by atoms with Gasteiger partial charge in [0.1, 0.15) is 10.6 Å². The molecule has 0 aliphatic carbocycles. The Kier molecular flexibility index (Phi) is 6.84. The molecule has 0 bridgehead atoms. The van der Waals surface area contributed by atoms with E-state index in [1.54, 1.807) is 48.5 Å². The van der Waals surface area contributed by atoms with Crippen LogP contribution in [0.25, 0.3) is 6.08 Å². The zero-order valence-electron chi connectivity index (χ0n) is 19.7. The van der Waals surface area contributed by atoms with Crippen LogP contribution in [0.1, 0.15) is 11.1 Å². The van der Waals surface area contributed by atoms with Crippen molar-refractivity contribution in [3.8, 4) is 5.75 Å². The van der Waals surface area contributed by atoms with E-state index < -0.39 is 10.1 Å². The van der Waals surface area contributed by atoms with E-state index in [0.29, 0.717) is 15.6 Å². The van der Waals surface area contributed by atoms with Gasteiger partial charge in [0.2, 0.25) is 0 Å². The molecule has 0 saturated carbocycles. The van der Waals surface area contributed by atoms with Crippen LogP contribution in [0.5, 0.6) is 5.75 Å². The molecule has 184 valence electrons. The Bertz CT molecular complexity index is 1430. The molecule has 0 aromatic heterocycles. The lowest BCUT2D eigenvalue weighted by Crippen LogP contribution is -2.47. The van der Waals surface area contributed by atoms with E-state index in [1.807, 2.05) is 0 Å². The van der Waals surface area contributed by atoms with Crippen LogP contribution in [0, 0.1) is 6.92 Å². The molecule has 3 aromatic carbocycles. The highest BCUT2D eigenvalue weighted by atomic mass is 32.2. The van der Waals surface area contributed by atoms with Gasteiger partial charge in [0.05, 0.1) is 4.91 Å². The van der Waals surface area contributed by atoms with Crippen LogP contribution < -0.4 is 9.08 Å². The molecule has 2 aliphatic heterocycles. The first kappa shape index (κ1) is 24.1. The third kappa shape index (κ3) is 5.32. The molecule has 7 nitrogen and oxygen atoms in total. The Labute approximate surface area is 215 Å². The minimum absolute atomic E-state index is 0.0640. The maximum atomic E-state index is 12.7. The van der Waals surface area contributed by atoms with Crippen molar-refractivity contribution in [3.05, 3.63) is 94.9 Å². The number of carbonyl (C=O) groups excluding carboxylic acids is 1. The summed E-state index contributed by atoms with van der Waals surface area (Å²) in [4.78, 5) is 21.9. The molecule has 1 saturated heterocycles. The van der Waals surface area contributed by atoms with Crippen LogP contribution in [0.2, 0.25) is 0 Å². The van der Waals surface area contributed by atoms with Crippen molar-refractivity contribution in [3.63, 3.8) is 0 Å². The third-order valence-electron chi connectivity index (χ3n) is 6.00. The summed E-state index contributed by atoms with van der Waals surface area (Å²) in [6.07, 6.45) is 1.64. The molecule has 0 N–H and O–H groups in total. The maximum absolute atomic E-state index is 12.7. The number of aliphatic imine (C=N–C) groups is 1. The Hall–Kier alpha value is -3.56. The van der Waals surface area contributed by atoms with E-state index in [1.165, 1.54) is 35.1 Å². The maximum Gasteiger partial charge on any atom is 0.339 e. The van der Waals surface area contributed by atoms with E-state index in [2.05, 4.69) is 46.0 Å². The van der Waals surface area contributed by atoms with Gasteiger partial charge in [-0.25, -0.2) is 0 Å². The minimum Gasteiger partial charge on any atom is -0.378 e. The quantitative estimate of drug-likeness (QED) is 0.361. The molecule has 1 fully saturated rings. The Morgan fingerprint density at radius 3 is 2.22 bits per heavy atom. The number of benzene rings is 3. The molecule has 5 rings (SSSR count). The van der Waals surface area contributed by atoms with E-state index in [4.69, 9.17) is 4.18 Å². The van der Waals surface area contributed by atoms with Crippen molar-refractivity contribution >= 4 is 44.7 Å². The van der Waals surface area contributed by atoms with Crippen LogP contribution in [0.15, 0.2) is 93.7 Å². The number of piperazine rings is 1. The second kappa shape index (κ2) is 10.2. The summed E-state index contributed by atoms with van der Waals surface area (Å²) >= 11 is 1.31. The molecule has 3 aromatic rings. The Balaban J connectivity index is 1.27. The molecule has 1 amide bonds. The average molecular weight is 520 g/mol. The number of rotatable bonds is 5. The average Bonchev–Trinajstić information content (AvgIpc) is 3.26. The standard InChI is InChI=1S/C27H25N3O4S2/c1-20-11-13-22(14-12-20)29-15-17-30(18-16-29)27-28-26(31)25(35-27)19-21-7-5-6-10-24(21)34-36(32,33)23-8-3-2-4-9-23/h2-14,19H,15-18H2,1H3/b25-19-. The van der Waals surface area contributed by atoms with Crippen LogP contribution in [-0.2, 0) is 14.9 Å². The van der Waals surface area contributed by atoms with Crippen LogP contribution in [0.4, 0.5) is 5.69 Å². The van der Waals surface area contributed by atoms with Gasteiger partial charge >= 0.3 is 10.1 Å². The van der Waals surface area contributed by atoms with E-state index >= 15 is 0 Å². The summed E-state index contributed by atoms with van der Waals surface area (Å²) in [5.74, 6) is -0.181. The molecule has 2 aliphatic rings. The summed E-state index contributed by atoms with van der Waals surface area (Å²) < 4.78 is 30.8. The first-order chi connectivity index (χ1) is 17.4. The number of anilines is 1. The number of para-hydroxylation sites is 1. The van der Waals surface area contributed by atoms with Gasteiger partial charge in [0.25, 0.3) is 5.91 Å². The molecule has 0 atom stereocenters. The second-order valence-electron chi connectivity index (χ2n) is 8.51. The first-order valence-corrected chi connectivity index (χ1v) is 13.8. The normalized spacial score (nSPS) is 17.4. The number of carbonyl (C=O) groups is 1. The SMILES string of the molecule is Cc1ccc(N2CCN(C3=NC(=O)/C(=C/c4ccccc4OS(=O)(=O)c4ccccc4)S3)CC2)cc1. The lowest BCUT2D eigenvalue weighted by atomic mass is 10.2.